The fourth-order valence-corrected chi connectivity index (χ4v) is 6.77. The Labute approximate surface area is 269 Å². The molecule has 0 saturated heterocycles. The largest absolute Gasteiger partial charge is 0.300 e. The quantitative estimate of drug-likeness (QED) is 0.109. The van der Waals surface area contributed by atoms with Gasteiger partial charge in [-0.25, -0.2) is 0 Å². The van der Waals surface area contributed by atoms with Crippen LogP contribution in [0.5, 0.6) is 0 Å². The molecule has 0 fully saturated rings. The summed E-state index contributed by atoms with van der Waals surface area (Å²) in [5.74, 6) is 0. The summed E-state index contributed by atoms with van der Waals surface area (Å²) in [6, 6.07) is 54.7. The van der Waals surface area contributed by atoms with Crippen molar-refractivity contribution in [2.45, 2.75) is 0 Å². The van der Waals surface area contributed by atoms with E-state index in [1.54, 1.807) is 18.2 Å². The number of hydrogen-bond acceptors (Lipinski definition) is 1. The smallest absolute Gasteiger partial charge is 0.0612 e. The Balaban J connectivity index is 1.33. The van der Waals surface area contributed by atoms with Crippen molar-refractivity contribution in [1.29, 1.82) is 5.41 Å². The van der Waals surface area contributed by atoms with Gasteiger partial charge < -0.3 is 5.41 Å². The fraction of sp³-hybridized carbons (Fsp3) is 0. The second-order valence-electron chi connectivity index (χ2n) is 11.8. The second-order valence-corrected chi connectivity index (χ2v) is 11.8. The van der Waals surface area contributed by atoms with E-state index in [1.807, 2.05) is 12.1 Å². The van der Waals surface area contributed by atoms with Gasteiger partial charge >= 0.3 is 0 Å². The molecule has 0 amide bonds. The number of rotatable bonds is 7. The normalized spacial score (nSPS) is 11.6. The van der Waals surface area contributed by atoms with Crippen LogP contribution in [0.3, 0.4) is 0 Å². The highest BCUT2D eigenvalue weighted by Crippen LogP contribution is 2.44. The zero-order chi connectivity index (χ0) is 31.0. The monoisotopic (exact) mass is 585 g/mol. The van der Waals surface area contributed by atoms with Gasteiger partial charge in [-0.05, 0) is 107 Å². The van der Waals surface area contributed by atoms with Crippen molar-refractivity contribution in [1.82, 2.24) is 0 Å². The Morgan fingerprint density at radius 2 is 1.02 bits per heavy atom. The molecule has 8 aromatic carbocycles. The molecule has 1 heteroatoms. The molecule has 0 heterocycles. The average molecular weight is 586 g/mol. The van der Waals surface area contributed by atoms with E-state index in [0.717, 1.165) is 16.7 Å². The Morgan fingerprint density at radius 3 is 1.74 bits per heavy atom. The molecule has 0 radical (unpaired) electrons. The lowest BCUT2D eigenvalue weighted by Gasteiger charge is -2.18. The third kappa shape index (κ3) is 4.80. The van der Waals surface area contributed by atoms with Crippen LogP contribution >= 0.6 is 0 Å². The fourth-order valence-electron chi connectivity index (χ4n) is 6.77. The maximum absolute atomic E-state index is 8.50. The topological polar surface area (TPSA) is 23.9 Å². The summed E-state index contributed by atoms with van der Waals surface area (Å²) in [6.45, 7) is 3.74. The number of allylic oxidation sites excluding steroid dienone is 3. The van der Waals surface area contributed by atoms with Gasteiger partial charge in [0.1, 0.15) is 0 Å². The molecule has 0 aliphatic carbocycles. The Bertz CT molecular complexity index is 2410. The molecule has 0 bridgehead atoms. The summed E-state index contributed by atoms with van der Waals surface area (Å²) in [5, 5.41) is 16.2. The minimum Gasteiger partial charge on any atom is -0.300 e. The molecule has 1 nitrogen and oxygen atoms in total. The molecule has 46 heavy (non-hydrogen) atoms. The Morgan fingerprint density at radius 1 is 0.457 bits per heavy atom. The lowest BCUT2D eigenvalue weighted by atomic mass is 9.85. The molecule has 216 valence electrons. The van der Waals surface area contributed by atoms with Crippen LogP contribution < -0.4 is 0 Å². The lowest BCUT2D eigenvalue weighted by molar-refractivity contribution is 1.49. The zero-order valence-electron chi connectivity index (χ0n) is 25.4. The first-order valence-corrected chi connectivity index (χ1v) is 15.6. The predicted molar refractivity (Wildman–Crippen MR) is 198 cm³/mol. The maximum Gasteiger partial charge on any atom is 0.0612 e. The molecule has 0 atom stereocenters. The van der Waals surface area contributed by atoms with Gasteiger partial charge in [-0.1, -0.05) is 152 Å². The third-order valence-electron chi connectivity index (χ3n) is 9.03. The standard InChI is InChI=1S/C45H31N/c1-2-3-18-43(46)38-17-9-15-36(28-38)35-14-8-16-37(27-35)42-29-41(32-21-19-31(20-22-32)30-10-5-4-6-11-30)39-25-23-33-12-7-13-34-24-26-40(42)45(39)44(33)34/h2-29,46H,1H2/b18-3-,46-43?. The van der Waals surface area contributed by atoms with Crippen LogP contribution in [0.15, 0.2) is 176 Å². The van der Waals surface area contributed by atoms with Crippen molar-refractivity contribution >= 4 is 38.0 Å². The van der Waals surface area contributed by atoms with Crippen molar-refractivity contribution in [3.63, 3.8) is 0 Å². The van der Waals surface area contributed by atoms with Crippen molar-refractivity contribution in [3.05, 3.63) is 182 Å². The van der Waals surface area contributed by atoms with E-state index in [2.05, 4.69) is 146 Å². The number of benzene rings is 8. The molecule has 0 unspecified atom stereocenters. The highest BCUT2D eigenvalue weighted by molar-refractivity contribution is 6.28. The average Bonchev–Trinajstić information content (AvgIpc) is 3.13. The summed E-state index contributed by atoms with van der Waals surface area (Å²) >= 11 is 0. The molecular weight excluding hydrogens is 555 g/mol. The van der Waals surface area contributed by atoms with Gasteiger partial charge in [0.05, 0.1) is 5.71 Å². The van der Waals surface area contributed by atoms with Gasteiger partial charge in [0.25, 0.3) is 0 Å². The molecule has 8 aromatic rings. The summed E-state index contributed by atoms with van der Waals surface area (Å²) in [5.41, 5.74) is 10.8. The molecule has 1 N–H and O–H groups in total. The first-order chi connectivity index (χ1) is 22.7. The van der Waals surface area contributed by atoms with Gasteiger partial charge in [0.2, 0.25) is 0 Å². The predicted octanol–water partition coefficient (Wildman–Crippen LogP) is 12.4. The van der Waals surface area contributed by atoms with Crippen molar-refractivity contribution < 1.29 is 0 Å². The zero-order valence-corrected chi connectivity index (χ0v) is 25.4. The number of nitrogens with one attached hydrogen (secondary N) is 1. The van der Waals surface area contributed by atoms with Crippen molar-refractivity contribution in [2.24, 2.45) is 0 Å². The molecule has 8 rings (SSSR count). The first-order valence-electron chi connectivity index (χ1n) is 15.6. The van der Waals surface area contributed by atoms with Crippen LogP contribution in [0.4, 0.5) is 0 Å². The van der Waals surface area contributed by atoms with Gasteiger partial charge in [0.15, 0.2) is 0 Å². The van der Waals surface area contributed by atoms with Crippen molar-refractivity contribution in [2.75, 3.05) is 0 Å². The van der Waals surface area contributed by atoms with E-state index < -0.39 is 0 Å². The summed E-state index contributed by atoms with van der Waals surface area (Å²) in [6.07, 6.45) is 5.28. The minimum absolute atomic E-state index is 0.465. The molecule has 0 aliphatic heterocycles. The van der Waals surface area contributed by atoms with E-state index in [1.165, 1.54) is 65.7 Å². The summed E-state index contributed by atoms with van der Waals surface area (Å²) < 4.78 is 0. The highest BCUT2D eigenvalue weighted by Gasteiger charge is 2.17. The van der Waals surface area contributed by atoms with E-state index in [0.29, 0.717) is 5.71 Å². The number of hydrogen-bond donors (Lipinski definition) is 1. The third-order valence-corrected chi connectivity index (χ3v) is 9.03. The maximum atomic E-state index is 8.50. The first kappa shape index (κ1) is 27.5. The summed E-state index contributed by atoms with van der Waals surface area (Å²) in [7, 11) is 0. The van der Waals surface area contributed by atoms with Gasteiger partial charge in [-0.15, -0.1) is 0 Å². The van der Waals surface area contributed by atoms with Crippen LogP contribution in [0.2, 0.25) is 0 Å². The van der Waals surface area contributed by atoms with Gasteiger partial charge in [-0.3, -0.25) is 0 Å². The van der Waals surface area contributed by atoms with Crippen LogP contribution in [0.1, 0.15) is 5.56 Å². The van der Waals surface area contributed by atoms with E-state index in [9.17, 15) is 0 Å². The molecule has 0 saturated carbocycles. The second kappa shape index (κ2) is 11.5. The summed E-state index contributed by atoms with van der Waals surface area (Å²) in [4.78, 5) is 0. The van der Waals surface area contributed by atoms with E-state index in [4.69, 9.17) is 5.41 Å². The molecule has 0 spiro atoms. The highest BCUT2D eigenvalue weighted by atomic mass is 14.4. The Hall–Kier alpha value is -6.05. The van der Waals surface area contributed by atoms with Crippen LogP contribution in [-0.4, -0.2) is 5.71 Å². The van der Waals surface area contributed by atoms with Crippen LogP contribution in [0.25, 0.3) is 76.8 Å². The van der Waals surface area contributed by atoms with Gasteiger partial charge in [-0.2, -0.15) is 0 Å². The SMILES string of the molecule is C=C/C=C\C(=N)c1cccc(-c2cccc(-c3cc(-c4ccc(-c5ccccc5)cc4)c4ccc5cccc6ccc3c4c56)c2)c1. The molecule has 0 aliphatic rings. The van der Waals surface area contributed by atoms with E-state index in [-0.39, 0.29) is 0 Å². The molecular formula is C45H31N. The Kier molecular flexibility index (Phi) is 6.85. The van der Waals surface area contributed by atoms with Crippen LogP contribution in [0, 0.1) is 5.41 Å². The lowest BCUT2D eigenvalue weighted by Crippen LogP contribution is -1.94. The van der Waals surface area contributed by atoms with Gasteiger partial charge in [0, 0.05) is 0 Å². The van der Waals surface area contributed by atoms with Crippen molar-refractivity contribution in [3.8, 4) is 44.5 Å². The van der Waals surface area contributed by atoms with E-state index >= 15 is 0 Å². The van der Waals surface area contributed by atoms with Crippen LogP contribution in [-0.2, 0) is 0 Å². The minimum atomic E-state index is 0.465. The molecule has 0 aromatic heterocycles.